The van der Waals surface area contributed by atoms with Gasteiger partial charge in [-0.2, -0.15) is 0 Å². The fourth-order valence-electron chi connectivity index (χ4n) is 2.86. The summed E-state index contributed by atoms with van der Waals surface area (Å²) >= 11 is 0. The number of aliphatic imine (C=N–C) groups is 1. The quantitative estimate of drug-likeness (QED) is 0.693. The number of aryl methyl sites for hydroxylation is 1. The molecular formula is C21H16N2O. The van der Waals surface area contributed by atoms with Crippen LogP contribution in [0.2, 0.25) is 0 Å². The monoisotopic (exact) mass is 312 g/mol. The van der Waals surface area contributed by atoms with Crippen LogP contribution in [0.3, 0.4) is 0 Å². The van der Waals surface area contributed by atoms with Crippen molar-refractivity contribution in [3.63, 3.8) is 0 Å². The van der Waals surface area contributed by atoms with E-state index in [0.29, 0.717) is 11.3 Å². The highest BCUT2D eigenvalue weighted by molar-refractivity contribution is 6.21. The van der Waals surface area contributed by atoms with Gasteiger partial charge >= 0.3 is 0 Å². The second-order valence-corrected chi connectivity index (χ2v) is 5.84. The van der Waals surface area contributed by atoms with E-state index in [0.717, 1.165) is 22.5 Å². The standard InChI is InChI=1S/C21H16N2O/c1-14-10-12-15(13-11-14)20-16-6-2-4-8-18(16)23-21(24)17-7-3-5-9-19(17)22-20/h2-13H,1H3,(H,23,24). The molecule has 116 valence electrons. The van der Waals surface area contributed by atoms with Crippen molar-refractivity contribution in [1.29, 1.82) is 0 Å². The first-order valence-electron chi connectivity index (χ1n) is 7.88. The van der Waals surface area contributed by atoms with Crippen molar-refractivity contribution in [1.82, 2.24) is 0 Å². The van der Waals surface area contributed by atoms with E-state index < -0.39 is 0 Å². The average Bonchev–Trinajstić information content (AvgIpc) is 2.60. The van der Waals surface area contributed by atoms with E-state index in [-0.39, 0.29) is 5.91 Å². The minimum atomic E-state index is -0.134. The maximum absolute atomic E-state index is 12.5. The van der Waals surface area contributed by atoms with E-state index in [1.54, 1.807) is 6.07 Å². The summed E-state index contributed by atoms with van der Waals surface area (Å²) in [6, 6.07) is 23.5. The Labute approximate surface area is 140 Å². The van der Waals surface area contributed by atoms with Crippen LogP contribution in [0.15, 0.2) is 77.8 Å². The number of benzene rings is 3. The van der Waals surface area contributed by atoms with Crippen molar-refractivity contribution in [2.45, 2.75) is 6.92 Å². The third-order valence-corrected chi connectivity index (χ3v) is 4.14. The molecule has 24 heavy (non-hydrogen) atoms. The van der Waals surface area contributed by atoms with Gasteiger partial charge in [0.05, 0.1) is 22.6 Å². The van der Waals surface area contributed by atoms with Gasteiger partial charge in [0.2, 0.25) is 0 Å². The van der Waals surface area contributed by atoms with Crippen molar-refractivity contribution in [3.8, 4) is 0 Å². The summed E-state index contributed by atoms with van der Waals surface area (Å²) in [6.07, 6.45) is 0. The summed E-state index contributed by atoms with van der Waals surface area (Å²) in [7, 11) is 0. The summed E-state index contributed by atoms with van der Waals surface area (Å²) in [4.78, 5) is 17.4. The highest BCUT2D eigenvalue weighted by Crippen LogP contribution is 2.29. The number of carbonyl (C=O) groups excluding carboxylic acids is 1. The average molecular weight is 312 g/mol. The molecule has 0 atom stereocenters. The fraction of sp³-hybridized carbons (Fsp3) is 0.0476. The van der Waals surface area contributed by atoms with Gasteiger partial charge < -0.3 is 5.32 Å². The first-order valence-corrected chi connectivity index (χ1v) is 7.88. The van der Waals surface area contributed by atoms with Crippen LogP contribution in [0, 0.1) is 6.92 Å². The third kappa shape index (κ3) is 2.50. The number of rotatable bonds is 1. The van der Waals surface area contributed by atoms with Gasteiger partial charge in [-0.05, 0) is 25.1 Å². The lowest BCUT2D eigenvalue weighted by Crippen LogP contribution is -2.18. The van der Waals surface area contributed by atoms with Gasteiger partial charge in [0, 0.05) is 11.1 Å². The number of hydrogen-bond donors (Lipinski definition) is 1. The first kappa shape index (κ1) is 14.4. The van der Waals surface area contributed by atoms with E-state index in [9.17, 15) is 4.79 Å². The van der Waals surface area contributed by atoms with Crippen LogP contribution in [0.1, 0.15) is 27.0 Å². The van der Waals surface area contributed by atoms with Gasteiger partial charge in [0.1, 0.15) is 0 Å². The summed E-state index contributed by atoms with van der Waals surface area (Å²) in [5, 5.41) is 3.01. The minimum Gasteiger partial charge on any atom is -0.321 e. The van der Waals surface area contributed by atoms with E-state index in [1.165, 1.54) is 5.56 Å². The molecule has 1 N–H and O–H groups in total. The molecule has 0 fully saturated rings. The Morgan fingerprint density at radius 2 is 1.46 bits per heavy atom. The van der Waals surface area contributed by atoms with Gasteiger partial charge in [-0.25, -0.2) is 4.99 Å². The van der Waals surface area contributed by atoms with E-state index in [1.807, 2.05) is 42.5 Å². The Morgan fingerprint density at radius 1 is 0.792 bits per heavy atom. The first-order chi connectivity index (χ1) is 11.7. The molecule has 3 aromatic carbocycles. The molecule has 0 saturated heterocycles. The zero-order chi connectivity index (χ0) is 16.5. The summed E-state index contributed by atoms with van der Waals surface area (Å²) < 4.78 is 0. The lowest BCUT2D eigenvalue weighted by atomic mass is 9.98. The molecule has 0 saturated carbocycles. The number of carbonyl (C=O) groups is 1. The van der Waals surface area contributed by atoms with E-state index >= 15 is 0 Å². The molecule has 3 nitrogen and oxygen atoms in total. The largest absolute Gasteiger partial charge is 0.321 e. The minimum absolute atomic E-state index is 0.134. The van der Waals surface area contributed by atoms with Gasteiger partial charge in [-0.15, -0.1) is 0 Å². The predicted octanol–water partition coefficient (Wildman–Crippen LogP) is 4.73. The van der Waals surface area contributed by atoms with Crippen molar-refractivity contribution < 1.29 is 4.79 Å². The number of amides is 1. The Balaban J connectivity index is 2.01. The summed E-state index contributed by atoms with van der Waals surface area (Å²) in [5.41, 5.74) is 6.04. The maximum Gasteiger partial charge on any atom is 0.257 e. The number of para-hydroxylation sites is 2. The number of nitrogens with one attached hydrogen (secondary N) is 1. The van der Waals surface area contributed by atoms with Crippen LogP contribution in [-0.4, -0.2) is 11.6 Å². The third-order valence-electron chi connectivity index (χ3n) is 4.14. The molecule has 1 amide bonds. The van der Waals surface area contributed by atoms with Gasteiger partial charge in [-0.1, -0.05) is 60.2 Å². The Morgan fingerprint density at radius 3 is 2.25 bits per heavy atom. The maximum atomic E-state index is 12.5. The summed E-state index contributed by atoms with van der Waals surface area (Å²) in [6.45, 7) is 2.06. The van der Waals surface area contributed by atoms with E-state index in [4.69, 9.17) is 4.99 Å². The highest BCUT2D eigenvalue weighted by atomic mass is 16.1. The normalized spacial score (nSPS) is 13.0. The molecule has 3 heteroatoms. The summed E-state index contributed by atoms with van der Waals surface area (Å²) in [5.74, 6) is -0.134. The van der Waals surface area contributed by atoms with Crippen molar-refractivity contribution in [2.75, 3.05) is 5.32 Å². The molecular weight excluding hydrogens is 296 g/mol. The number of anilines is 1. The van der Waals surface area contributed by atoms with Crippen LogP contribution in [0.4, 0.5) is 11.4 Å². The second kappa shape index (κ2) is 5.78. The van der Waals surface area contributed by atoms with Crippen LogP contribution in [0.5, 0.6) is 0 Å². The number of nitrogens with zero attached hydrogens (tertiary/aromatic N) is 1. The Bertz CT molecular complexity index is 956. The predicted molar refractivity (Wildman–Crippen MR) is 97.3 cm³/mol. The van der Waals surface area contributed by atoms with Crippen molar-refractivity contribution >= 4 is 23.0 Å². The molecule has 0 aliphatic carbocycles. The molecule has 0 bridgehead atoms. The topological polar surface area (TPSA) is 41.5 Å². The Kier molecular flexibility index (Phi) is 3.47. The lowest BCUT2D eigenvalue weighted by molar-refractivity contribution is 0.102. The molecule has 0 unspecified atom stereocenters. The smallest absolute Gasteiger partial charge is 0.257 e. The molecule has 3 aromatic rings. The van der Waals surface area contributed by atoms with E-state index in [2.05, 4.69) is 36.5 Å². The molecule has 4 rings (SSSR count). The Hall–Kier alpha value is -3.20. The van der Waals surface area contributed by atoms with Crippen LogP contribution in [0.25, 0.3) is 0 Å². The second-order valence-electron chi connectivity index (χ2n) is 5.84. The zero-order valence-corrected chi connectivity index (χ0v) is 13.3. The molecule has 0 aromatic heterocycles. The molecule has 0 spiro atoms. The van der Waals surface area contributed by atoms with Crippen molar-refractivity contribution in [2.24, 2.45) is 4.99 Å². The zero-order valence-electron chi connectivity index (χ0n) is 13.3. The SMILES string of the molecule is Cc1ccc(C2=Nc3ccccc3C(=O)Nc3ccccc32)cc1. The van der Waals surface area contributed by atoms with Crippen LogP contribution in [-0.2, 0) is 0 Å². The molecule has 1 aliphatic rings. The van der Waals surface area contributed by atoms with Gasteiger partial charge in [0.15, 0.2) is 0 Å². The van der Waals surface area contributed by atoms with Crippen LogP contribution < -0.4 is 5.32 Å². The van der Waals surface area contributed by atoms with Gasteiger partial charge in [-0.3, -0.25) is 4.79 Å². The van der Waals surface area contributed by atoms with Crippen molar-refractivity contribution in [3.05, 3.63) is 95.1 Å². The lowest BCUT2D eigenvalue weighted by Gasteiger charge is -2.18. The molecule has 1 heterocycles. The number of fused-ring (bicyclic) bond motifs is 2. The highest BCUT2D eigenvalue weighted by Gasteiger charge is 2.20. The number of hydrogen-bond acceptors (Lipinski definition) is 2. The fourth-order valence-corrected chi connectivity index (χ4v) is 2.86. The molecule has 1 aliphatic heterocycles. The van der Waals surface area contributed by atoms with Gasteiger partial charge in [0.25, 0.3) is 5.91 Å². The van der Waals surface area contributed by atoms with Crippen LogP contribution >= 0.6 is 0 Å². The molecule has 0 radical (unpaired) electrons.